The molecular formula is C13H26BO3. The van der Waals surface area contributed by atoms with Crippen LogP contribution < -0.4 is 0 Å². The molecule has 3 atom stereocenters. The topological polar surface area (TPSA) is 27.7 Å². The minimum atomic E-state index is -0.118. The number of hydrogen-bond acceptors (Lipinski definition) is 3. The van der Waals surface area contributed by atoms with Gasteiger partial charge in [-0.05, 0) is 27.2 Å². The molecule has 0 spiro atoms. The zero-order valence-electron chi connectivity index (χ0n) is 11.9. The van der Waals surface area contributed by atoms with Crippen LogP contribution in [-0.2, 0) is 14.2 Å². The Morgan fingerprint density at radius 2 is 2.06 bits per heavy atom. The first-order valence-electron chi connectivity index (χ1n) is 6.61. The molecular weight excluding hydrogens is 215 g/mol. The van der Waals surface area contributed by atoms with Gasteiger partial charge in [0, 0.05) is 13.1 Å². The fourth-order valence-electron chi connectivity index (χ4n) is 1.98. The van der Waals surface area contributed by atoms with E-state index in [9.17, 15) is 0 Å². The minimum absolute atomic E-state index is 0.0670. The molecule has 1 rings (SSSR count). The van der Waals surface area contributed by atoms with Gasteiger partial charge >= 0.3 is 0 Å². The molecule has 1 aliphatic rings. The molecule has 0 aromatic rings. The molecule has 0 saturated carbocycles. The van der Waals surface area contributed by atoms with Gasteiger partial charge in [0.05, 0.1) is 18.3 Å². The summed E-state index contributed by atoms with van der Waals surface area (Å²) in [5.41, 5.74) is -0.118. The van der Waals surface area contributed by atoms with Crippen molar-refractivity contribution < 1.29 is 14.2 Å². The Hall–Kier alpha value is -0.0551. The minimum Gasteiger partial charge on any atom is -0.379 e. The Morgan fingerprint density at radius 3 is 2.59 bits per heavy atom. The predicted molar refractivity (Wildman–Crippen MR) is 70.6 cm³/mol. The molecule has 1 fully saturated rings. The maximum absolute atomic E-state index is 5.96. The van der Waals surface area contributed by atoms with Crippen molar-refractivity contribution in [1.82, 2.24) is 0 Å². The Kier molecular flexibility index (Phi) is 5.97. The molecule has 1 saturated heterocycles. The lowest BCUT2D eigenvalue weighted by Gasteiger charge is -2.24. The largest absolute Gasteiger partial charge is 0.379 e. The summed E-state index contributed by atoms with van der Waals surface area (Å²) in [6, 6.07) is 0.230. The summed E-state index contributed by atoms with van der Waals surface area (Å²) in [5.74, 6) is 0. The van der Waals surface area contributed by atoms with Gasteiger partial charge in [-0.15, -0.1) is 0 Å². The van der Waals surface area contributed by atoms with E-state index in [1.807, 2.05) is 0 Å². The van der Waals surface area contributed by atoms with Crippen molar-refractivity contribution in [2.24, 2.45) is 0 Å². The van der Waals surface area contributed by atoms with E-state index in [-0.39, 0.29) is 23.8 Å². The maximum atomic E-state index is 5.96. The lowest BCUT2D eigenvalue weighted by molar-refractivity contribution is -0.0869. The average Bonchev–Trinajstić information content (AvgIpc) is 2.65. The second-order valence-electron chi connectivity index (χ2n) is 5.67. The van der Waals surface area contributed by atoms with E-state index in [0.717, 1.165) is 12.7 Å². The summed E-state index contributed by atoms with van der Waals surface area (Å²) in [6.07, 6.45) is 3.45. The highest BCUT2D eigenvalue weighted by Gasteiger charge is 2.35. The van der Waals surface area contributed by atoms with Crippen molar-refractivity contribution in [2.75, 3.05) is 13.7 Å². The lowest BCUT2D eigenvalue weighted by Crippen LogP contribution is -2.33. The van der Waals surface area contributed by atoms with Gasteiger partial charge in [-0.25, -0.2) is 0 Å². The highest BCUT2D eigenvalue weighted by Crippen LogP contribution is 2.24. The summed E-state index contributed by atoms with van der Waals surface area (Å²) < 4.78 is 17.2. The van der Waals surface area contributed by atoms with Crippen LogP contribution in [0.4, 0.5) is 0 Å². The van der Waals surface area contributed by atoms with Gasteiger partial charge in [-0.2, -0.15) is 0 Å². The van der Waals surface area contributed by atoms with Gasteiger partial charge in [0.1, 0.15) is 13.4 Å². The first-order chi connectivity index (χ1) is 7.96. The summed E-state index contributed by atoms with van der Waals surface area (Å²) in [5, 5.41) is 0. The molecule has 3 unspecified atom stereocenters. The summed E-state index contributed by atoms with van der Waals surface area (Å²) >= 11 is 0. The zero-order valence-corrected chi connectivity index (χ0v) is 11.9. The zero-order chi connectivity index (χ0) is 12.9. The standard InChI is InChI=1S/C13H26BO3/c1-6-7-14-12-8-10(15-5)11(17-12)9-16-13(2,3)4/h10-12H,6-9H2,1-5H3. The van der Waals surface area contributed by atoms with Crippen LogP contribution in [0.2, 0.25) is 6.32 Å². The Bertz CT molecular complexity index is 215. The van der Waals surface area contributed by atoms with E-state index in [0.29, 0.717) is 6.61 Å². The number of methoxy groups -OCH3 is 1. The molecule has 1 heterocycles. The normalized spacial score (nSPS) is 29.6. The van der Waals surface area contributed by atoms with Crippen molar-refractivity contribution in [3.8, 4) is 0 Å². The van der Waals surface area contributed by atoms with Crippen molar-refractivity contribution in [1.29, 1.82) is 0 Å². The Labute approximate surface area is 106 Å². The molecule has 4 heteroatoms. The summed E-state index contributed by atoms with van der Waals surface area (Å²) in [4.78, 5) is 0. The maximum Gasteiger partial charge on any atom is 0.149 e. The van der Waals surface area contributed by atoms with Crippen molar-refractivity contribution in [3.63, 3.8) is 0 Å². The van der Waals surface area contributed by atoms with Crippen molar-refractivity contribution >= 4 is 7.28 Å². The third-order valence-electron chi connectivity index (χ3n) is 2.93. The monoisotopic (exact) mass is 241 g/mol. The smallest absolute Gasteiger partial charge is 0.149 e. The quantitative estimate of drug-likeness (QED) is 0.668. The number of hydrogen-bond donors (Lipinski definition) is 0. The Morgan fingerprint density at radius 1 is 1.35 bits per heavy atom. The number of ether oxygens (including phenoxy) is 3. The van der Waals surface area contributed by atoms with Gasteiger partial charge < -0.3 is 14.2 Å². The first-order valence-corrected chi connectivity index (χ1v) is 6.61. The molecule has 1 aliphatic heterocycles. The SMILES string of the molecule is CCC[B]C1CC(OC)C(COC(C)(C)C)O1. The van der Waals surface area contributed by atoms with Crippen LogP contribution in [0.3, 0.4) is 0 Å². The van der Waals surface area contributed by atoms with Crippen LogP contribution in [0, 0.1) is 0 Å². The number of rotatable bonds is 6. The summed E-state index contributed by atoms with van der Waals surface area (Å²) in [7, 11) is 4.00. The predicted octanol–water partition coefficient (Wildman–Crippen LogP) is 2.46. The third-order valence-corrected chi connectivity index (χ3v) is 2.93. The Balaban J connectivity index is 2.37. The van der Waals surface area contributed by atoms with Crippen LogP contribution >= 0.6 is 0 Å². The molecule has 0 N–H and O–H groups in total. The van der Waals surface area contributed by atoms with Crippen LogP contribution in [0.15, 0.2) is 0 Å². The van der Waals surface area contributed by atoms with E-state index >= 15 is 0 Å². The van der Waals surface area contributed by atoms with Gasteiger partial charge in [0.25, 0.3) is 0 Å². The third kappa shape index (κ3) is 5.41. The fourth-order valence-corrected chi connectivity index (χ4v) is 1.98. The van der Waals surface area contributed by atoms with E-state index in [1.54, 1.807) is 7.11 Å². The molecule has 0 aromatic heterocycles. The van der Waals surface area contributed by atoms with Crippen molar-refractivity contribution in [2.45, 2.75) is 70.7 Å². The molecule has 99 valence electrons. The van der Waals surface area contributed by atoms with E-state index in [1.165, 1.54) is 6.42 Å². The highest BCUT2D eigenvalue weighted by molar-refractivity contribution is 6.37. The van der Waals surface area contributed by atoms with E-state index in [2.05, 4.69) is 35.0 Å². The second-order valence-corrected chi connectivity index (χ2v) is 5.67. The molecule has 3 nitrogen and oxygen atoms in total. The molecule has 1 radical (unpaired) electrons. The van der Waals surface area contributed by atoms with Crippen molar-refractivity contribution in [3.05, 3.63) is 0 Å². The molecule has 0 amide bonds. The van der Waals surface area contributed by atoms with Crippen LogP contribution in [0.25, 0.3) is 0 Å². The van der Waals surface area contributed by atoms with Crippen LogP contribution in [0.1, 0.15) is 40.5 Å². The average molecular weight is 241 g/mol. The van der Waals surface area contributed by atoms with E-state index in [4.69, 9.17) is 14.2 Å². The molecule has 0 aliphatic carbocycles. The lowest BCUT2D eigenvalue weighted by atomic mass is 9.66. The second kappa shape index (κ2) is 6.76. The van der Waals surface area contributed by atoms with Gasteiger partial charge in [0.15, 0.2) is 0 Å². The van der Waals surface area contributed by atoms with Gasteiger partial charge in [-0.3, -0.25) is 0 Å². The molecule has 0 bridgehead atoms. The fraction of sp³-hybridized carbons (Fsp3) is 1.00. The summed E-state index contributed by atoms with van der Waals surface area (Å²) in [6.45, 7) is 8.97. The van der Waals surface area contributed by atoms with Crippen LogP contribution in [-0.4, -0.2) is 44.8 Å². The highest BCUT2D eigenvalue weighted by atomic mass is 16.6. The van der Waals surface area contributed by atoms with Gasteiger partial charge in [-0.1, -0.05) is 19.7 Å². The van der Waals surface area contributed by atoms with E-state index < -0.39 is 0 Å². The van der Waals surface area contributed by atoms with Gasteiger partial charge in [0.2, 0.25) is 0 Å². The first kappa shape index (κ1) is 15.0. The molecule has 17 heavy (non-hydrogen) atoms. The molecule has 0 aromatic carbocycles. The van der Waals surface area contributed by atoms with Crippen LogP contribution in [0.5, 0.6) is 0 Å².